The van der Waals surface area contributed by atoms with Crippen molar-refractivity contribution >= 4 is 23.2 Å². The minimum atomic E-state index is -4.54. The van der Waals surface area contributed by atoms with E-state index in [4.69, 9.17) is 11.6 Å². The Labute approximate surface area is 197 Å². The minimum absolute atomic E-state index is 0.0327. The summed E-state index contributed by atoms with van der Waals surface area (Å²) >= 11 is 5.95. The molecule has 0 aliphatic heterocycles. The summed E-state index contributed by atoms with van der Waals surface area (Å²) in [5.74, 6) is -0.205. The van der Waals surface area contributed by atoms with Crippen LogP contribution in [0.4, 0.5) is 24.8 Å². The van der Waals surface area contributed by atoms with Crippen LogP contribution in [-0.2, 0) is 19.3 Å². The topological polar surface area (TPSA) is 68.9 Å². The van der Waals surface area contributed by atoms with Gasteiger partial charge >= 0.3 is 17.6 Å². The second-order valence-electron chi connectivity index (χ2n) is 7.84. The Bertz CT molecular complexity index is 1360. The summed E-state index contributed by atoms with van der Waals surface area (Å²) in [5, 5.41) is 3.23. The lowest BCUT2D eigenvalue weighted by atomic mass is 10.0. The Morgan fingerprint density at radius 1 is 1.06 bits per heavy atom. The molecular formula is C24H20ClF3N4O2. The molecule has 10 heteroatoms. The van der Waals surface area contributed by atoms with Gasteiger partial charge in [0.2, 0.25) is 5.95 Å². The molecule has 0 bridgehead atoms. The van der Waals surface area contributed by atoms with Crippen molar-refractivity contribution in [3.05, 3.63) is 110 Å². The van der Waals surface area contributed by atoms with E-state index < -0.39 is 23.1 Å². The number of benzene rings is 2. The third-order valence-electron chi connectivity index (χ3n) is 5.34. The average Bonchev–Trinajstić information content (AvgIpc) is 2.81. The number of aromatic nitrogens is 3. The quantitative estimate of drug-likeness (QED) is 0.530. The van der Waals surface area contributed by atoms with Gasteiger partial charge in [-0.2, -0.15) is 18.2 Å². The van der Waals surface area contributed by atoms with Crippen LogP contribution >= 0.6 is 11.6 Å². The molecule has 0 spiro atoms. The molecule has 176 valence electrons. The summed E-state index contributed by atoms with van der Waals surface area (Å²) in [6, 6.07) is 11.2. The highest BCUT2D eigenvalue weighted by Crippen LogP contribution is 2.31. The fraction of sp³-hybridized carbons (Fsp3) is 0.208. The minimum Gasteiger partial charge on any atom is -0.325 e. The number of halogens is 4. The van der Waals surface area contributed by atoms with Crippen molar-refractivity contribution in [2.24, 2.45) is 5.92 Å². The van der Waals surface area contributed by atoms with E-state index in [1.54, 1.807) is 24.3 Å². The number of rotatable bonds is 6. The van der Waals surface area contributed by atoms with Gasteiger partial charge in [-0.3, -0.25) is 4.57 Å². The zero-order valence-corrected chi connectivity index (χ0v) is 18.6. The lowest BCUT2D eigenvalue weighted by Gasteiger charge is -2.18. The average molecular weight is 489 g/mol. The lowest BCUT2D eigenvalue weighted by Crippen LogP contribution is -2.43. The Balaban J connectivity index is 1.76. The number of anilines is 2. The van der Waals surface area contributed by atoms with Crippen molar-refractivity contribution in [1.29, 1.82) is 0 Å². The maximum atomic E-state index is 13.4. The molecule has 1 atom stereocenters. The molecule has 1 aliphatic rings. The first-order valence-electron chi connectivity index (χ1n) is 10.4. The van der Waals surface area contributed by atoms with Gasteiger partial charge in [-0.1, -0.05) is 54.1 Å². The van der Waals surface area contributed by atoms with Gasteiger partial charge in [-0.25, -0.2) is 14.2 Å². The zero-order chi connectivity index (χ0) is 24.3. The van der Waals surface area contributed by atoms with Gasteiger partial charge in [0, 0.05) is 17.3 Å². The maximum absolute atomic E-state index is 13.4. The highest BCUT2D eigenvalue weighted by Gasteiger charge is 2.30. The van der Waals surface area contributed by atoms with Crippen LogP contribution in [0.15, 0.2) is 82.4 Å². The number of allylic oxidation sites excluding steroid dienone is 4. The van der Waals surface area contributed by atoms with E-state index in [0.29, 0.717) is 17.0 Å². The monoisotopic (exact) mass is 488 g/mol. The highest BCUT2D eigenvalue weighted by atomic mass is 35.5. The van der Waals surface area contributed by atoms with Gasteiger partial charge in [0.05, 0.1) is 12.1 Å². The molecule has 0 radical (unpaired) electrons. The number of hydrogen-bond donors (Lipinski definition) is 1. The summed E-state index contributed by atoms with van der Waals surface area (Å²) in [5.41, 5.74) is -1.52. The molecule has 0 amide bonds. The number of nitrogens with zero attached hydrogens (tertiary/aromatic N) is 3. The Morgan fingerprint density at radius 3 is 2.50 bits per heavy atom. The molecule has 1 N–H and O–H groups in total. The standard InChI is InChI=1S/C24H20ClF3N4O2/c25-19-11-9-17(10-12-19)14-31-21(29-20-8-4-7-18(13-20)24(26,27)28)30-22(33)32(23(31)34)15-16-5-2-1-3-6-16/h1-5,7-13,16H,6,14-15H2,(H,29,30,33). The number of hydrogen-bond acceptors (Lipinski definition) is 4. The summed E-state index contributed by atoms with van der Waals surface area (Å²) < 4.78 is 41.7. The van der Waals surface area contributed by atoms with Crippen molar-refractivity contribution < 1.29 is 13.2 Å². The van der Waals surface area contributed by atoms with Gasteiger partial charge in [0.15, 0.2) is 0 Å². The van der Waals surface area contributed by atoms with E-state index >= 15 is 0 Å². The molecule has 0 saturated heterocycles. The maximum Gasteiger partial charge on any atom is 0.416 e. The smallest absolute Gasteiger partial charge is 0.325 e. The van der Waals surface area contributed by atoms with E-state index in [0.717, 1.165) is 16.7 Å². The molecule has 1 aliphatic carbocycles. The molecule has 0 saturated carbocycles. The normalized spacial score (nSPS) is 15.5. The van der Waals surface area contributed by atoms with E-state index in [1.165, 1.54) is 16.7 Å². The van der Waals surface area contributed by atoms with E-state index in [1.807, 2.05) is 24.3 Å². The van der Waals surface area contributed by atoms with Crippen LogP contribution < -0.4 is 16.7 Å². The van der Waals surface area contributed by atoms with Crippen LogP contribution in [0.25, 0.3) is 0 Å². The first-order chi connectivity index (χ1) is 16.2. The number of alkyl halides is 3. The molecular weight excluding hydrogens is 469 g/mol. The van der Waals surface area contributed by atoms with Gasteiger partial charge in [0.25, 0.3) is 0 Å². The van der Waals surface area contributed by atoms with Crippen LogP contribution in [0.2, 0.25) is 5.02 Å². The molecule has 3 aromatic rings. The van der Waals surface area contributed by atoms with Crippen molar-refractivity contribution in [1.82, 2.24) is 14.1 Å². The molecule has 2 aromatic carbocycles. The lowest BCUT2D eigenvalue weighted by molar-refractivity contribution is -0.137. The predicted octanol–water partition coefficient (Wildman–Crippen LogP) is 5.00. The van der Waals surface area contributed by atoms with Crippen molar-refractivity contribution in [2.75, 3.05) is 5.32 Å². The molecule has 1 aromatic heterocycles. The second kappa shape index (κ2) is 9.72. The van der Waals surface area contributed by atoms with Gasteiger partial charge in [0.1, 0.15) is 0 Å². The highest BCUT2D eigenvalue weighted by molar-refractivity contribution is 6.30. The molecule has 1 heterocycles. The fourth-order valence-electron chi connectivity index (χ4n) is 3.60. The van der Waals surface area contributed by atoms with Gasteiger partial charge in [-0.05, 0) is 48.2 Å². The first-order valence-corrected chi connectivity index (χ1v) is 10.8. The number of nitrogens with one attached hydrogen (secondary N) is 1. The van der Waals surface area contributed by atoms with Crippen LogP contribution in [0.1, 0.15) is 17.5 Å². The SMILES string of the molecule is O=c1nc(Nc2cccc(C(F)(F)F)c2)n(Cc2ccc(Cl)cc2)c(=O)n1CC1C=CC=CC1. The summed E-state index contributed by atoms with van der Waals surface area (Å²) in [4.78, 5) is 30.1. The summed E-state index contributed by atoms with van der Waals surface area (Å²) in [6.45, 7) is 0.168. The van der Waals surface area contributed by atoms with Crippen LogP contribution in [0.5, 0.6) is 0 Å². The Hall–Kier alpha value is -3.59. The first kappa shape index (κ1) is 23.6. The van der Waals surface area contributed by atoms with Gasteiger partial charge in [-0.15, -0.1) is 0 Å². The Morgan fingerprint density at radius 2 is 1.82 bits per heavy atom. The van der Waals surface area contributed by atoms with E-state index in [-0.39, 0.29) is 30.6 Å². The van der Waals surface area contributed by atoms with Crippen molar-refractivity contribution in [3.8, 4) is 0 Å². The second-order valence-corrected chi connectivity index (χ2v) is 8.27. The van der Waals surface area contributed by atoms with Crippen LogP contribution in [-0.4, -0.2) is 14.1 Å². The van der Waals surface area contributed by atoms with Crippen LogP contribution in [0, 0.1) is 5.92 Å². The Kier molecular flexibility index (Phi) is 6.74. The summed E-state index contributed by atoms with van der Waals surface area (Å²) in [7, 11) is 0. The molecule has 34 heavy (non-hydrogen) atoms. The van der Waals surface area contributed by atoms with Gasteiger partial charge < -0.3 is 5.32 Å². The summed E-state index contributed by atoms with van der Waals surface area (Å²) in [6.07, 6.45) is 3.72. The van der Waals surface area contributed by atoms with Crippen LogP contribution in [0.3, 0.4) is 0 Å². The largest absolute Gasteiger partial charge is 0.416 e. The third-order valence-corrected chi connectivity index (χ3v) is 5.59. The van der Waals surface area contributed by atoms with E-state index in [2.05, 4.69) is 10.3 Å². The van der Waals surface area contributed by atoms with Crippen molar-refractivity contribution in [3.63, 3.8) is 0 Å². The molecule has 6 nitrogen and oxygen atoms in total. The molecule has 4 rings (SSSR count). The third kappa shape index (κ3) is 5.48. The predicted molar refractivity (Wildman–Crippen MR) is 124 cm³/mol. The zero-order valence-electron chi connectivity index (χ0n) is 17.8. The molecule has 1 unspecified atom stereocenters. The fourth-order valence-corrected chi connectivity index (χ4v) is 3.73. The van der Waals surface area contributed by atoms with Crippen molar-refractivity contribution in [2.45, 2.75) is 25.7 Å². The van der Waals surface area contributed by atoms with E-state index in [9.17, 15) is 22.8 Å². The molecule has 0 fully saturated rings.